The van der Waals surface area contributed by atoms with Crippen LogP contribution in [0.25, 0.3) is 0 Å². The van der Waals surface area contributed by atoms with Crippen molar-refractivity contribution in [1.82, 2.24) is 4.98 Å². The number of thiazole rings is 1. The number of benzene rings is 1. The number of aromatic nitrogens is 1. The van der Waals surface area contributed by atoms with Gasteiger partial charge in [0.1, 0.15) is 0 Å². The van der Waals surface area contributed by atoms with Crippen LogP contribution in [-0.2, 0) is 4.79 Å². The van der Waals surface area contributed by atoms with Crippen LogP contribution in [0, 0.1) is 0 Å². The van der Waals surface area contributed by atoms with Crippen LogP contribution in [0.15, 0.2) is 39.1 Å². The Morgan fingerprint density at radius 2 is 2.39 bits per heavy atom. The van der Waals surface area contributed by atoms with E-state index in [1.165, 1.54) is 23.1 Å². The minimum absolute atomic E-state index is 0.0859. The van der Waals surface area contributed by atoms with Gasteiger partial charge in [-0.1, -0.05) is 15.9 Å². The number of nitrogens with zero attached hydrogens (tertiary/aromatic N) is 1. The van der Waals surface area contributed by atoms with E-state index in [9.17, 15) is 4.79 Å². The third kappa shape index (κ3) is 3.72. The topological polar surface area (TPSA) is 68.0 Å². The summed E-state index contributed by atoms with van der Waals surface area (Å²) in [6.07, 6.45) is 1.65. The molecule has 0 aliphatic carbocycles. The monoisotopic (exact) mass is 343 g/mol. The van der Waals surface area contributed by atoms with Gasteiger partial charge in [-0.2, -0.15) is 0 Å². The Balaban J connectivity index is 1.89. The van der Waals surface area contributed by atoms with Gasteiger partial charge >= 0.3 is 0 Å². The quantitative estimate of drug-likeness (QED) is 0.660. The number of amides is 1. The Bertz CT molecular complexity index is 545. The van der Waals surface area contributed by atoms with Crippen molar-refractivity contribution in [2.45, 2.75) is 4.90 Å². The molecule has 7 heteroatoms. The van der Waals surface area contributed by atoms with Crippen molar-refractivity contribution < 1.29 is 4.79 Å². The summed E-state index contributed by atoms with van der Waals surface area (Å²) in [6, 6.07) is 5.61. The third-order valence-corrected chi connectivity index (χ3v) is 4.28. The maximum atomic E-state index is 11.6. The number of thioether (sulfide) groups is 1. The predicted molar refractivity (Wildman–Crippen MR) is 80.0 cm³/mol. The lowest BCUT2D eigenvalue weighted by Crippen LogP contribution is -2.13. The number of hydrogen-bond donors (Lipinski definition) is 2. The zero-order chi connectivity index (χ0) is 13.0. The normalized spacial score (nSPS) is 10.3. The maximum absolute atomic E-state index is 11.6. The first-order valence-corrected chi connectivity index (χ1v) is 7.68. The van der Waals surface area contributed by atoms with Crippen molar-refractivity contribution in [2.24, 2.45) is 0 Å². The smallest absolute Gasteiger partial charge is 0.236 e. The molecule has 2 aromatic rings. The van der Waals surface area contributed by atoms with Crippen LogP contribution in [0.1, 0.15) is 0 Å². The summed E-state index contributed by atoms with van der Waals surface area (Å²) in [5.74, 6) is 0.225. The van der Waals surface area contributed by atoms with Crippen LogP contribution >= 0.6 is 39.0 Å². The first-order valence-electron chi connectivity index (χ1n) is 5.02. The molecule has 0 aliphatic heterocycles. The van der Waals surface area contributed by atoms with Crippen molar-refractivity contribution in [3.8, 4) is 0 Å². The number of hydrogen-bond acceptors (Lipinski definition) is 5. The van der Waals surface area contributed by atoms with Crippen molar-refractivity contribution >= 4 is 55.8 Å². The van der Waals surface area contributed by atoms with Gasteiger partial charge < -0.3 is 11.1 Å². The van der Waals surface area contributed by atoms with E-state index in [4.69, 9.17) is 5.73 Å². The number of rotatable bonds is 4. The lowest BCUT2D eigenvalue weighted by Gasteiger charge is -2.05. The third-order valence-electron chi connectivity index (χ3n) is 2.01. The highest BCUT2D eigenvalue weighted by Gasteiger charge is 2.07. The lowest BCUT2D eigenvalue weighted by atomic mass is 10.3. The highest BCUT2D eigenvalue weighted by atomic mass is 79.9. The van der Waals surface area contributed by atoms with E-state index < -0.39 is 0 Å². The molecular weight excluding hydrogens is 334 g/mol. The summed E-state index contributed by atoms with van der Waals surface area (Å²) in [5.41, 5.74) is 6.51. The minimum Gasteiger partial charge on any atom is -0.398 e. The number of anilines is 2. The van der Waals surface area contributed by atoms with Crippen molar-refractivity contribution in [3.05, 3.63) is 34.2 Å². The van der Waals surface area contributed by atoms with Crippen LogP contribution in [0.2, 0.25) is 0 Å². The van der Waals surface area contributed by atoms with Gasteiger partial charge in [-0.25, -0.2) is 4.98 Å². The average Bonchev–Trinajstić information content (AvgIpc) is 2.80. The molecule has 1 aromatic carbocycles. The number of nitrogens with one attached hydrogen (secondary N) is 1. The molecule has 0 radical (unpaired) electrons. The standard InChI is InChI=1S/C11H10BrN3OS2/c12-7-1-2-9(8(13)5-7)18-6-10(16)15-11-14-3-4-17-11/h1-5H,6,13H2,(H,14,15,16). The first-order chi connectivity index (χ1) is 8.65. The highest BCUT2D eigenvalue weighted by Crippen LogP contribution is 2.27. The van der Waals surface area contributed by atoms with Gasteiger partial charge in [0.15, 0.2) is 5.13 Å². The highest BCUT2D eigenvalue weighted by molar-refractivity contribution is 9.10. The molecule has 0 atom stereocenters. The fourth-order valence-corrected chi connectivity index (χ4v) is 2.91. The van der Waals surface area contributed by atoms with E-state index in [0.29, 0.717) is 16.6 Å². The zero-order valence-corrected chi connectivity index (χ0v) is 12.4. The summed E-state index contributed by atoms with van der Waals surface area (Å²) in [4.78, 5) is 16.5. The van der Waals surface area contributed by atoms with Gasteiger partial charge in [-0.3, -0.25) is 4.79 Å². The molecule has 1 heterocycles. The molecule has 0 aliphatic rings. The summed E-state index contributed by atoms with van der Waals surface area (Å²) in [6.45, 7) is 0. The molecule has 0 saturated carbocycles. The Hall–Kier alpha value is -1.05. The van der Waals surface area contributed by atoms with Crippen molar-refractivity contribution in [2.75, 3.05) is 16.8 Å². The van der Waals surface area contributed by atoms with Gasteiger partial charge in [-0.15, -0.1) is 23.1 Å². The molecule has 94 valence electrons. The maximum Gasteiger partial charge on any atom is 0.236 e. The van der Waals surface area contributed by atoms with Gasteiger partial charge in [0.2, 0.25) is 5.91 Å². The van der Waals surface area contributed by atoms with E-state index in [-0.39, 0.29) is 5.91 Å². The fourth-order valence-electron chi connectivity index (χ4n) is 1.23. The van der Waals surface area contributed by atoms with Gasteiger partial charge in [0, 0.05) is 26.6 Å². The summed E-state index contributed by atoms with van der Waals surface area (Å²) in [5, 5.41) is 5.15. The van der Waals surface area contributed by atoms with Crippen LogP contribution < -0.4 is 11.1 Å². The van der Waals surface area contributed by atoms with Crippen molar-refractivity contribution in [3.63, 3.8) is 0 Å². The number of carbonyl (C=O) groups is 1. The average molecular weight is 344 g/mol. The van der Waals surface area contributed by atoms with Gasteiger partial charge in [-0.05, 0) is 18.2 Å². The lowest BCUT2D eigenvalue weighted by molar-refractivity contribution is -0.113. The van der Waals surface area contributed by atoms with Gasteiger partial charge in [0.25, 0.3) is 0 Å². The SMILES string of the molecule is Nc1cc(Br)ccc1SCC(=O)Nc1nccs1. The van der Waals surface area contributed by atoms with E-state index in [2.05, 4.69) is 26.2 Å². The zero-order valence-electron chi connectivity index (χ0n) is 9.22. The van der Waals surface area contributed by atoms with Gasteiger partial charge in [0.05, 0.1) is 5.75 Å². The second kappa shape index (κ2) is 6.21. The molecule has 0 fully saturated rings. The van der Waals surface area contributed by atoms with Crippen LogP contribution in [0.3, 0.4) is 0 Å². The molecule has 0 spiro atoms. The number of nitrogen functional groups attached to an aromatic ring is 1. The molecular formula is C11H10BrN3OS2. The molecule has 3 N–H and O–H groups in total. The molecule has 0 unspecified atom stereocenters. The molecule has 1 aromatic heterocycles. The summed E-state index contributed by atoms with van der Waals surface area (Å²) < 4.78 is 0.927. The van der Waals surface area contributed by atoms with Crippen molar-refractivity contribution in [1.29, 1.82) is 0 Å². The molecule has 2 rings (SSSR count). The summed E-state index contributed by atoms with van der Waals surface area (Å²) >= 11 is 6.14. The summed E-state index contributed by atoms with van der Waals surface area (Å²) in [7, 11) is 0. The number of halogens is 1. The van der Waals surface area contributed by atoms with E-state index in [0.717, 1.165) is 9.37 Å². The fraction of sp³-hybridized carbons (Fsp3) is 0.0909. The Morgan fingerprint density at radius 3 is 3.06 bits per heavy atom. The largest absolute Gasteiger partial charge is 0.398 e. The molecule has 4 nitrogen and oxygen atoms in total. The van der Waals surface area contributed by atoms with E-state index in [1.54, 1.807) is 6.20 Å². The van der Waals surface area contributed by atoms with Crippen LogP contribution in [-0.4, -0.2) is 16.6 Å². The van der Waals surface area contributed by atoms with Crippen LogP contribution in [0.5, 0.6) is 0 Å². The predicted octanol–water partition coefficient (Wildman–Crippen LogP) is 3.22. The second-order valence-corrected chi connectivity index (χ2v) is 6.18. The molecule has 0 bridgehead atoms. The minimum atomic E-state index is -0.0859. The van der Waals surface area contributed by atoms with E-state index in [1.807, 2.05) is 23.6 Å². The molecule has 0 saturated heterocycles. The number of carbonyl (C=O) groups excluding carboxylic acids is 1. The Morgan fingerprint density at radius 1 is 1.56 bits per heavy atom. The molecule has 18 heavy (non-hydrogen) atoms. The number of nitrogens with two attached hydrogens (primary N) is 1. The molecule has 1 amide bonds. The Kier molecular flexibility index (Phi) is 4.62. The Labute approximate surface area is 121 Å². The first kappa shape index (κ1) is 13.4. The van der Waals surface area contributed by atoms with E-state index >= 15 is 0 Å². The van der Waals surface area contributed by atoms with Crippen LogP contribution in [0.4, 0.5) is 10.8 Å². The second-order valence-electron chi connectivity index (χ2n) is 3.36.